The molecule has 0 spiro atoms. The van der Waals surface area contributed by atoms with Crippen LogP contribution in [-0.2, 0) is 4.84 Å². The molecule has 0 fully saturated rings. The van der Waals surface area contributed by atoms with Gasteiger partial charge in [0.1, 0.15) is 0 Å². The molecule has 0 aliphatic carbocycles. The van der Waals surface area contributed by atoms with Crippen LogP contribution in [0.2, 0.25) is 0 Å². The molecular weight excluding hydrogens is 327 g/mol. The van der Waals surface area contributed by atoms with Crippen LogP contribution in [0.5, 0.6) is 0 Å². The van der Waals surface area contributed by atoms with E-state index >= 15 is 0 Å². The SMILES string of the molecule is O=C1c2ccccc2C(=O)N1OC(F)(C(F)(F)F)C(F)(F)F. The highest BCUT2D eigenvalue weighted by molar-refractivity contribution is 6.20. The minimum atomic E-state index is -6.55. The fourth-order valence-corrected chi connectivity index (χ4v) is 1.64. The number of fused-ring (bicyclic) bond motifs is 1. The number of amides is 2. The summed E-state index contributed by atoms with van der Waals surface area (Å²) in [7, 11) is 0. The molecule has 2 amide bonds. The van der Waals surface area contributed by atoms with Crippen molar-refractivity contribution in [2.45, 2.75) is 18.2 Å². The van der Waals surface area contributed by atoms with Crippen molar-refractivity contribution in [2.75, 3.05) is 0 Å². The monoisotopic (exact) mass is 331 g/mol. The number of hydrogen-bond donors (Lipinski definition) is 0. The number of imide groups is 1. The number of hydroxylamine groups is 2. The van der Waals surface area contributed by atoms with Crippen molar-refractivity contribution in [3.8, 4) is 0 Å². The second-order valence-electron chi connectivity index (χ2n) is 4.13. The molecule has 1 aromatic carbocycles. The fourth-order valence-electron chi connectivity index (χ4n) is 1.64. The number of carbonyl (C=O) groups excluding carboxylic acids is 2. The first kappa shape index (κ1) is 16.2. The van der Waals surface area contributed by atoms with Gasteiger partial charge in [-0.2, -0.15) is 30.7 Å². The van der Waals surface area contributed by atoms with Gasteiger partial charge < -0.3 is 0 Å². The van der Waals surface area contributed by atoms with Gasteiger partial charge in [0.25, 0.3) is 11.8 Å². The molecule has 0 bridgehead atoms. The summed E-state index contributed by atoms with van der Waals surface area (Å²) in [4.78, 5) is 26.4. The number of hydrogen-bond acceptors (Lipinski definition) is 3. The smallest absolute Gasteiger partial charge is 0.266 e. The number of carbonyl (C=O) groups is 2. The molecule has 2 rings (SSSR count). The molecule has 0 saturated heterocycles. The number of halogens is 7. The first-order chi connectivity index (χ1) is 9.90. The van der Waals surface area contributed by atoms with Crippen molar-refractivity contribution in [2.24, 2.45) is 0 Å². The maximum Gasteiger partial charge on any atom is 0.460 e. The number of nitrogens with zero attached hydrogens (tertiary/aromatic N) is 1. The standard InChI is InChI=1S/C11H4F7NO3/c12-9(10(13,14)15,11(16,17)18)22-19-7(20)5-3-1-2-4-6(5)8(19)21/h1-4H. The third-order valence-corrected chi connectivity index (χ3v) is 2.70. The molecule has 120 valence electrons. The molecule has 0 aromatic heterocycles. The quantitative estimate of drug-likeness (QED) is 0.618. The van der Waals surface area contributed by atoms with Gasteiger partial charge in [0, 0.05) is 0 Å². The van der Waals surface area contributed by atoms with Crippen molar-refractivity contribution in [1.29, 1.82) is 0 Å². The summed E-state index contributed by atoms with van der Waals surface area (Å²) in [6, 6.07) is 4.37. The van der Waals surface area contributed by atoms with Gasteiger partial charge in [-0.25, -0.2) is 4.84 Å². The Morgan fingerprint density at radius 3 is 1.45 bits per heavy atom. The first-order valence-electron chi connectivity index (χ1n) is 5.39. The van der Waals surface area contributed by atoms with Crippen LogP contribution in [0.4, 0.5) is 30.7 Å². The fraction of sp³-hybridized carbons (Fsp3) is 0.273. The normalized spacial score (nSPS) is 16.2. The molecule has 0 radical (unpaired) electrons. The highest BCUT2D eigenvalue weighted by atomic mass is 19.4. The van der Waals surface area contributed by atoms with Gasteiger partial charge in [0.2, 0.25) is 0 Å². The molecule has 0 unspecified atom stereocenters. The zero-order chi connectivity index (χ0) is 16.9. The van der Waals surface area contributed by atoms with E-state index in [1.165, 1.54) is 12.1 Å². The van der Waals surface area contributed by atoms with E-state index in [1.54, 1.807) is 0 Å². The van der Waals surface area contributed by atoms with Gasteiger partial charge in [-0.15, -0.1) is 5.06 Å². The lowest BCUT2D eigenvalue weighted by Gasteiger charge is -2.31. The average Bonchev–Trinajstić information content (AvgIpc) is 2.62. The maximum atomic E-state index is 13.4. The van der Waals surface area contributed by atoms with Gasteiger partial charge in [-0.3, -0.25) is 9.59 Å². The van der Waals surface area contributed by atoms with Gasteiger partial charge >= 0.3 is 18.2 Å². The van der Waals surface area contributed by atoms with E-state index in [-0.39, 0.29) is 0 Å². The minimum absolute atomic E-state index is 0.501. The van der Waals surface area contributed by atoms with Crippen LogP contribution < -0.4 is 0 Å². The van der Waals surface area contributed by atoms with Crippen molar-refractivity contribution >= 4 is 11.8 Å². The summed E-state index contributed by atoms with van der Waals surface area (Å²) in [6.45, 7) is 0. The Balaban J connectivity index is 2.43. The zero-order valence-corrected chi connectivity index (χ0v) is 10.1. The van der Waals surface area contributed by atoms with Crippen LogP contribution >= 0.6 is 0 Å². The molecule has 1 aromatic rings. The first-order valence-corrected chi connectivity index (χ1v) is 5.39. The van der Waals surface area contributed by atoms with Crippen LogP contribution in [0.3, 0.4) is 0 Å². The second-order valence-corrected chi connectivity index (χ2v) is 4.13. The minimum Gasteiger partial charge on any atom is -0.266 e. The van der Waals surface area contributed by atoms with E-state index in [1.807, 2.05) is 0 Å². The van der Waals surface area contributed by atoms with Crippen LogP contribution in [0, 0.1) is 0 Å². The molecular formula is C11H4F7NO3. The van der Waals surface area contributed by atoms with Gasteiger partial charge in [0.05, 0.1) is 11.1 Å². The van der Waals surface area contributed by atoms with Crippen molar-refractivity contribution in [3.63, 3.8) is 0 Å². The van der Waals surface area contributed by atoms with E-state index in [9.17, 15) is 40.3 Å². The highest BCUT2D eigenvalue weighted by Gasteiger charge is 2.76. The molecule has 0 N–H and O–H groups in total. The lowest BCUT2D eigenvalue weighted by atomic mass is 10.1. The summed E-state index contributed by atoms with van der Waals surface area (Å²) in [6.07, 6.45) is -13.1. The van der Waals surface area contributed by atoms with Crippen molar-refractivity contribution < 1.29 is 45.2 Å². The maximum absolute atomic E-state index is 13.4. The summed E-state index contributed by atoms with van der Waals surface area (Å²) in [5.74, 6) is -9.46. The zero-order valence-electron chi connectivity index (χ0n) is 10.1. The van der Waals surface area contributed by atoms with Crippen LogP contribution in [-0.4, -0.2) is 35.1 Å². The Morgan fingerprint density at radius 2 is 1.14 bits per heavy atom. The molecule has 22 heavy (non-hydrogen) atoms. The molecule has 1 aliphatic heterocycles. The van der Waals surface area contributed by atoms with E-state index in [0.29, 0.717) is 0 Å². The molecule has 1 heterocycles. The summed E-state index contributed by atoms with van der Waals surface area (Å²) >= 11 is 0. The number of benzene rings is 1. The van der Waals surface area contributed by atoms with Crippen molar-refractivity contribution in [3.05, 3.63) is 35.4 Å². The lowest BCUT2D eigenvalue weighted by Crippen LogP contribution is -2.58. The number of alkyl halides is 7. The topological polar surface area (TPSA) is 46.6 Å². The van der Waals surface area contributed by atoms with Crippen LogP contribution in [0.15, 0.2) is 24.3 Å². The summed E-state index contributed by atoms with van der Waals surface area (Å²) in [5, 5.41) is -0.883. The van der Waals surface area contributed by atoms with Gasteiger partial charge in [0.15, 0.2) is 0 Å². The summed E-state index contributed by atoms with van der Waals surface area (Å²) in [5.41, 5.74) is -1.00. The van der Waals surface area contributed by atoms with Gasteiger partial charge in [-0.1, -0.05) is 12.1 Å². The predicted molar refractivity (Wildman–Crippen MR) is 54.0 cm³/mol. The molecule has 11 heteroatoms. The lowest BCUT2D eigenvalue weighted by molar-refractivity contribution is -0.459. The van der Waals surface area contributed by atoms with E-state index < -0.39 is 46.2 Å². The Kier molecular flexibility index (Phi) is 3.43. The number of rotatable bonds is 2. The molecule has 0 saturated carbocycles. The Labute approximate surface area is 117 Å². The summed E-state index contributed by atoms with van der Waals surface area (Å²) < 4.78 is 87.6. The third-order valence-electron chi connectivity index (χ3n) is 2.70. The van der Waals surface area contributed by atoms with E-state index in [2.05, 4.69) is 4.84 Å². The Hall–Kier alpha value is -2.17. The highest BCUT2D eigenvalue weighted by Crippen LogP contribution is 2.48. The largest absolute Gasteiger partial charge is 0.460 e. The molecule has 1 aliphatic rings. The molecule has 4 nitrogen and oxygen atoms in total. The van der Waals surface area contributed by atoms with Crippen LogP contribution in [0.25, 0.3) is 0 Å². The average molecular weight is 331 g/mol. The van der Waals surface area contributed by atoms with Crippen molar-refractivity contribution in [1.82, 2.24) is 5.06 Å². The van der Waals surface area contributed by atoms with Crippen LogP contribution in [0.1, 0.15) is 20.7 Å². The van der Waals surface area contributed by atoms with Gasteiger partial charge in [-0.05, 0) is 12.1 Å². The predicted octanol–water partition coefficient (Wildman–Crippen LogP) is 3.00. The Morgan fingerprint density at radius 1 is 0.773 bits per heavy atom. The third kappa shape index (κ3) is 2.21. The Bertz CT molecular complexity index is 588. The second kappa shape index (κ2) is 4.66. The van der Waals surface area contributed by atoms with E-state index in [0.717, 1.165) is 12.1 Å². The molecule has 0 atom stereocenters. The van der Waals surface area contributed by atoms with E-state index in [4.69, 9.17) is 0 Å².